The molecule has 0 aliphatic carbocycles. The molecule has 0 bridgehead atoms. The van der Waals surface area contributed by atoms with Crippen LogP contribution in [0.1, 0.15) is 48.0 Å². The van der Waals surface area contributed by atoms with Crippen molar-refractivity contribution in [3.05, 3.63) is 0 Å². The molecular weight excluding hydrogens is 234 g/mol. The SMILES string of the molecule is CC[C@H]1OC(C)(C)OC[C@@H]1NC(=O)OC(C)(C)C. The van der Waals surface area contributed by atoms with Crippen LogP contribution in [0, 0.1) is 0 Å². The number of nitrogens with one attached hydrogen (secondary N) is 1. The Labute approximate surface area is 109 Å². The van der Waals surface area contributed by atoms with Crippen LogP contribution in [0.3, 0.4) is 0 Å². The molecule has 0 unspecified atom stereocenters. The molecule has 106 valence electrons. The van der Waals surface area contributed by atoms with Gasteiger partial charge in [0, 0.05) is 0 Å². The van der Waals surface area contributed by atoms with Gasteiger partial charge in [0.2, 0.25) is 0 Å². The van der Waals surface area contributed by atoms with E-state index >= 15 is 0 Å². The van der Waals surface area contributed by atoms with Crippen LogP contribution in [0.5, 0.6) is 0 Å². The van der Waals surface area contributed by atoms with Gasteiger partial charge in [-0.25, -0.2) is 4.79 Å². The zero-order valence-corrected chi connectivity index (χ0v) is 12.2. The van der Waals surface area contributed by atoms with E-state index in [0.29, 0.717) is 6.61 Å². The minimum Gasteiger partial charge on any atom is -0.444 e. The summed E-state index contributed by atoms with van der Waals surface area (Å²) in [6, 6.07) is -0.169. The summed E-state index contributed by atoms with van der Waals surface area (Å²) < 4.78 is 16.5. The molecule has 5 nitrogen and oxygen atoms in total. The molecule has 1 amide bonds. The zero-order valence-electron chi connectivity index (χ0n) is 12.2. The lowest BCUT2D eigenvalue weighted by Crippen LogP contribution is -2.56. The first-order valence-corrected chi connectivity index (χ1v) is 6.44. The predicted octanol–water partition coefficient (Wildman–Crippen LogP) is 2.44. The molecule has 0 radical (unpaired) electrons. The first-order valence-electron chi connectivity index (χ1n) is 6.44. The quantitative estimate of drug-likeness (QED) is 0.827. The monoisotopic (exact) mass is 259 g/mol. The van der Waals surface area contributed by atoms with Crippen LogP contribution in [0.4, 0.5) is 4.79 Å². The number of amides is 1. The summed E-state index contributed by atoms with van der Waals surface area (Å²) in [6.07, 6.45) is 0.326. The van der Waals surface area contributed by atoms with Crippen molar-refractivity contribution in [3.8, 4) is 0 Å². The summed E-state index contributed by atoms with van der Waals surface area (Å²) >= 11 is 0. The second-order valence-electron chi connectivity index (χ2n) is 6.03. The summed E-state index contributed by atoms with van der Waals surface area (Å²) in [7, 11) is 0. The summed E-state index contributed by atoms with van der Waals surface area (Å²) in [5, 5.41) is 2.80. The van der Waals surface area contributed by atoms with Gasteiger partial charge < -0.3 is 19.5 Å². The average Bonchev–Trinajstić information content (AvgIpc) is 2.17. The predicted molar refractivity (Wildman–Crippen MR) is 68.4 cm³/mol. The molecule has 1 aliphatic rings. The highest BCUT2D eigenvalue weighted by Crippen LogP contribution is 2.24. The number of hydrogen-bond acceptors (Lipinski definition) is 4. The summed E-state index contributed by atoms with van der Waals surface area (Å²) in [5.74, 6) is -0.590. The van der Waals surface area contributed by atoms with Crippen molar-refractivity contribution in [1.82, 2.24) is 5.32 Å². The van der Waals surface area contributed by atoms with E-state index in [1.54, 1.807) is 0 Å². The molecule has 1 aliphatic heterocycles. The second-order valence-corrected chi connectivity index (χ2v) is 6.03. The minimum atomic E-state index is -0.590. The summed E-state index contributed by atoms with van der Waals surface area (Å²) in [6.45, 7) is 11.7. The van der Waals surface area contributed by atoms with Crippen LogP contribution in [0.25, 0.3) is 0 Å². The first kappa shape index (κ1) is 15.2. The van der Waals surface area contributed by atoms with Gasteiger partial charge in [-0.15, -0.1) is 0 Å². The van der Waals surface area contributed by atoms with Crippen molar-refractivity contribution in [2.45, 2.75) is 71.5 Å². The van der Waals surface area contributed by atoms with Crippen molar-refractivity contribution in [1.29, 1.82) is 0 Å². The van der Waals surface area contributed by atoms with E-state index in [1.165, 1.54) is 0 Å². The third-order valence-corrected chi connectivity index (χ3v) is 2.60. The molecule has 0 aromatic carbocycles. The molecule has 0 aromatic heterocycles. The Morgan fingerprint density at radius 2 is 2.06 bits per heavy atom. The van der Waals surface area contributed by atoms with Crippen molar-refractivity contribution in [2.75, 3.05) is 6.61 Å². The Hall–Kier alpha value is -0.810. The number of hydrogen-bond donors (Lipinski definition) is 1. The van der Waals surface area contributed by atoms with Crippen LogP contribution in [0.2, 0.25) is 0 Å². The summed E-state index contributed by atoms with van der Waals surface area (Å²) in [5.41, 5.74) is -0.499. The molecule has 1 N–H and O–H groups in total. The molecule has 2 atom stereocenters. The van der Waals surface area contributed by atoms with Gasteiger partial charge in [0.05, 0.1) is 18.8 Å². The Bertz CT molecular complexity index is 296. The van der Waals surface area contributed by atoms with Crippen molar-refractivity contribution >= 4 is 6.09 Å². The molecule has 0 aromatic rings. The second kappa shape index (κ2) is 5.45. The fourth-order valence-electron chi connectivity index (χ4n) is 1.84. The number of ether oxygens (including phenoxy) is 3. The van der Waals surface area contributed by atoms with E-state index in [2.05, 4.69) is 5.32 Å². The number of rotatable bonds is 2. The third kappa shape index (κ3) is 4.82. The van der Waals surface area contributed by atoms with Crippen LogP contribution < -0.4 is 5.32 Å². The van der Waals surface area contributed by atoms with Gasteiger partial charge in [0.1, 0.15) is 5.60 Å². The van der Waals surface area contributed by atoms with Crippen molar-refractivity contribution < 1.29 is 19.0 Å². The lowest BCUT2D eigenvalue weighted by Gasteiger charge is -2.41. The fraction of sp³-hybridized carbons (Fsp3) is 0.923. The molecule has 1 fully saturated rings. The Morgan fingerprint density at radius 1 is 1.44 bits per heavy atom. The van der Waals surface area contributed by atoms with Crippen LogP contribution >= 0.6 is 0 Å². The highest BCUT2D eigenvalue weighted by Gasteiger charge is 2.36. The van der Waals surface area contributed by atoms with E-state index in [9.17, 15) is 4.79 Å². The third-order valence-electron chi connectivity index (χ3n) is 2.60. The Balaban J connectivity index is 2.54. The number of carbonyl (C=O) groups is 1. The Kier molecular flexibility index (Phi) is 4.61. The first-order chi connectivity index (χ1) is 8.13. The molecular formula is C13H25NO4. The number of carbonyl (C=O) groups excluding carboxylic acids is 1. The molecule has 1 heterocycles. The van der Waals surface area contributed by atoms with Gasteiger partial charge in [-0.2, -0.15) is 0 Å². The topological polar surface area (TPSA) is 56.8 Å². The molecule has 1 rings (SSSR count). The molecule has 5 heteroatoms. The normalized spacial score (nSPS) is 27.7. The van der Waals surface area contributed by atoms with E-state index in [-0.39, 0.29) is 12.1 Å². The van der Waals surface area contributed by atoms with Gasteiger partial charge in [-0.1, -0.05) is 6.92 Å². The Morgan fingerprint density at radius 3 is 2.56 bits per heavy atom. The largest absolute Gasteiger partial charge is 0.444 e. The number of alkyl carbamates (subject to hydrolysis) is 1. The van der Waals surface area contributed by atoms with Gasteiger partial charge in [0.15, 0.2) is 5.79 Å². The van der Waals surface area contributed by atoms with Gasteiger partial charge >= 0.3 is 6.09 Å². The molecule has 1 saturated heterocycles. The lowest BCUT2D eigenvalue weighted by atomic mass is 10.1. The van der Waals surface area contributed by atoms with E-state index in [4.69, 9.17) is 14.2 Å². The average molecular weight is 259 g/mol. The van der Waals surface area contributed by atoms with Crippen LogP contribution in [0.15, 0.2) is 0 Å². The van der Waals surface area contributed by atoms with E-state index < -0.39 is 17.5 Å². The van der Waals surface area contributed by atoms with Crippen molar-refractivity contribution in [2.24, 2.45) is 0 Å². The zero-order chi connectivity index (χ0) is 14.0. The highest BCUT2D eigenvalue weighted by molar-refractivity contribution is 5.68. The van der Waals surface area contributed by atoms with Gasteiger partial charge in [0.25, 0.3) is 0 Å². The maximum atomic E-state index is 11.7. The van der Waals surface area contributed by atoms with Crippen LogP contribution in [-0.2, 0) is 14.2 Å². The molecule has 0 saturated carbocycles. The molecule has 18 heavy (non-hydrogen) atoms. The smallest absolute Gasteiger partial charge is 0.408 e. The minimum absolute atomic E-state index is 0.0544. The van der Waals surface area contributed by atoms with Crippen molar-refractivity contribution in [3.63, 3.8) is 0 Å². The van der Waals surface area contributed by atoms with Gasteiger partial charge in [-0.05, 0) is 41.0 Å². The maximum absolute atomic E-state index is 11.7. The summed E-state index contributed by atoms with van der Waals surface area (Å²) in [4.78, 5) is 11.7. The fourth-order valence-corrected chi connectivity index (χ4v) is 1.84. The van der Waals surface area contributed by atoms with Gasteiger partial charge in [-0.3, -0.25) is 0 Å². The standard InChI is InChI=1S/C13H25NO4/c1-7-10-9(8-16-13(5,6)17-10)14-11(15)18-12(2,3)4/h9-10H,7-8H2,1-6H3,(H,14,15)/t9-,10+/m0/s1. The van der Waals surface area contributed by atoms with E-state index in [1.807, 2.05) is 41.5 Å². The van der Waals surface area contributed by atoms with Crippen LogP contribution in [-0.4, -0.2) is 36.2 Å². The molecule has 0 spiro atoms. The lowest BCUT2D eigenvalue weighted by molar-refractivity contribution is -0.282. The highest BCUT2D eigenvalue weighted by atomic mass is 16.7. The maximum Gasteiger partial charge on any atom is 0.408 e. The van der Waals surface area contributed by atoms with E-state index in [0.717, 1.165) is 6.42 Å².